The van der Waals surface area contributed by atoms with Gasteiger partial charge in [0.25, 0.3) is 11.8 Å². The predicted molar refractivity (Wildman–Crippen MR) is 92.8 cm³/mol. The van der Waals surface area contributed by atoms with Crippen LogP contribution >= 0.6 is 22.7 Å². The highest BCUT2D eigenvalue weighted by atomic mass is 32.1. The third kappa shape index (κ3) is 2.22. The zero-order valence-electron chi connectivity index (χ0n) is 12.9. The van der Waals surface area contributed by atoms with Crippen molar-refractivity contribution in [3.8, 4) is 0 Å². The van der Waals surface area contributed by atoms with E-state index < -0.39 is 0 Å². The Hall–Kier alpha value is -2.58. The SMILES string of the molecule is Cc1cnc(N(c2ncc(C)s2)N2C(=O)c3ccccc3C2=O)s1. The second-order valence-corrected chi connectivity index (χ2v) is 7.71. The topological polar surface area (TPSA) is 66.4 Å². The van der Waals surface area contributed by atoms with Crippen molar-refractivity contribution >= 4 is 44.8 Å². The van der Waals surface area contributed by atoms with E-state index in [1.54, 1.807) is 36.7 Å². The van der Waals surface area contributed by atoms with Gasteiger partial charge in [0.15, 0.2) is 0 Å². The molecule has 0 radical (unpaired) electrons. The van der Waals surface area contributed by atoms with E-state index in [1.165, 1.54) is 27.7 Å². The van der Waals surface area contributed by atoms with E-state index >= 15 is 0 Å². The van der Waals surface area contributed by atoms with Crippen LogP contribution in [0.1, 0.15) is 30.5 Å². The van der Waals surface area contributed by atoms with Gasteiger partial charge in [0.1, 0.15) is 0 Å². The molecular formula is C16H12N4O2S2. The monoisotopic (exact) mass is 356 g/mol. The number of anilines is 2. The molecule has 0 aliphatic carbocycles. The molecule has 4 rings (SSSR count). The molecule has 1 aliphatic rings. The number of carbonyl (C=O) groups excluding carboxylic acids is 2. The highest BCUT2D eigenvalue weighted by molar-refractivity contribution is 7.17. The minimum Gasteiger partial charge on any atom is -0.267 e. The van der Waals surface area contributed by atoms with E-state index in [0.29, 0.717) is 21.4 Å². The van der Waals surface area contributed by atoms with Crippen LogP contribution in [-0.2, 0) is 0 Å². The number of benzene rings is 1. The van der Waals surface area contributed by atoms with E-state index in [-0.39, 0.29) is 11.8 Å². The number of hydrogen-bond acceptors (Lipinski definition) is 7. The van der Waals surface area contributed by atoms with Gasteiger partial charge in [-0.2, -0.15) is 10.0 Å². The fraction of sp³-hybridized carbons (Fsp3) is 0.125. The highest BCUT2D eigenvalue weighted by Crippen LogP contribution is 2.37. The molecule has 6 nitrogen and oxygen atoms in total. The van der Waals surface area contributed by atoms with Crippen molar-refractivity contribution in [2.75, 3.05) is 5.01 Å². The molecule has 0 saturated heterocycles. The minimum atomic E-state index is -0.365. The van der Waals surface area contributed by atoms with Gasteiger partial charge in [-0.15, -0.1) is 22.7 Å². The Morgan fingerprint density at radius 2 is 1.33 bits per heavy atom. The van der Waals surface area contributed by atoms with Gasteiger partial charge < -0.3 is 0 Å². The summed E-state index contributed by atoms with van der Waals surface area (Å²) < 4.78 is 0. The number of thiazole rings is 2. The van der Waals surface area contributed by atoms with Crippen LogP contribution in [0.25, 0.3) is 0 Å². The van der Waals surface area contributed by atoms with Gasteiger partial charge in [0, 0.05) is 22.1 Å². The first-order valence-corrected chi connectivity index (χ1v) is 8.82. The summed E-state index contributed by atoms with van der Waals surface area (Å²) in [6.45, 7) is 3.85. The summed E-state index contributed by atoms with van der Waals surface area (Å²) in [4.78, 5) is 36.3. The normalized spacial score (nSPS) is 13.5. The van der Waals surface area contributed by atoms with Gasteiger partial charge in [-0.3, -0.25) is 9.59 Å². The molecule has 0 atom stereocenters. The molecule has 0 spiro atoms. The van der Waals surface area contributed by atoms with Crippen LogP contribution in [-0.4, -0.2) is 26.8 Å². The summed E-state index contributed by atoms with van der Waals surface area (Å²) in [6, 6.07) is 6.82. The van der Waals surface area contributed by atoms with Gasteiger partial charge in [-0.05, 0) is 26.0 Å². The summed E-state index contributed by atoms with van der Waals surface area (Å²) >= 11 is 2.81. The molecule has 1 aliphatic heterocycles. The predicted octanol–water partition coefficient (Wildman–Crippen LogP) is 3.57. The first-order valence-electron chi connectivity index (χ1n) is 7.19. The molecule has 0 saturated carbocycles. The van der Waals surface area contributed by atoms with E-state index in [9.17, 15) is 9.59 Å². The van der Waals surface area contributed by atoms with Crippen molar-refractivity contribution in [1.29, 1.82) is 0 Å². The molecule has 120 valence electrons. The average molecular weight is 356 g/mol. The quantitative estimate of drug-likeness (QED) is 0.671. The van der Waals surface area contributed by atoms with Crippen molar-refractivity contribution in [2.24, 2.45) is 0 Å². The molecule has 3 aromatic rings. The molecule has 2 amide bonds. The molecule has 0 unspecified atom stereocenters. The fourth-order valence-corrected chi connectivity index (χ4v) is 4.06. The molecule has 0 bridgehead atoms. The Morgan fingerprint density at radius 1 is 0.875 bits per heavy atom. The third-order valence-corrected chi connectivity index (χ3v) is 5.33. The minimum absolute atomic E-state index is 0.365. The molecule has 0 fully saturated rings. The first-order chi connectivity index (χ1) is 11.6. The maximum atomic E-state index is 12.8. The molecule has 1 aromatic carbocycles. The zero-order chi connectivity index (χ0) is 16.8. The number of hydrogen-bond donors (Lipinski definition) is 0. The number of nitrogens with zero attached hydrogens (tertiary/aromatic N) is 4. The lowest BCUT2D eigenvalue weighted by atomic mass is 10.1. The van der Waals surface area contributed by atoms with Crippen molar-refractivity contribution in [3.05, 3.63) is 57.5 Å². The number of carbonyl (C=O) groups is 2. The molecule has 0 N–H and O–H groups in total. The van der Waals surface area contributed by atoms with E-state index in [0.717, 1.165) is 14.8 Å². The number of aryl methyl sites for hydroxylation is 2. The van der Waals surface area contributed by atoms with Crippen LogP contribution < -0.4 is 5.01 Å². The number of rotatable bonds is 3. The Labute approximate surface area is 146 Å². The Morgan fingerprint density at radius 3 is 1.71 bits per heavy atom. The van der Waals surface area contributed by atoms with Crippen LogP contribution in [0.15, 0.2) is 36.7 Å². The van der Waals surface area contributed by atoms with Crippen LogP contribution in [0.4, 0.5) is 10.3 Å². The maximum absolute atomic E-state index is 12.8. The lowest BCUT2D eigenvalue weighted by Crippen LogP contribution is -2.43. The molecule has 3 heterocycles. The zero-order valence-corrected chi connectivity index (χ0v) is 14.5. The molecular weight excluding hydrogens is 344 g/mol. The summed E-state index contributed by atoms with van der Waals surface area (Å²) in [6.07, 6.45) is 3.43. The smallest absolute Gasteiger partial charge is 0.267 e. The Kier molecular flexibility index (Phi) is 3.43. The molecule has 24 heavy (non-hydrogen) atoms. The number of imide groups is 1. The number of fused-ring (bicyclic) bond motifs is 1. The van der Waals surface area contributed by atoms with Gasteiger partial charge in [0.05, 0.1) is 11.1 Å². The number of hydrazine groups is 1. The summed E-state index contributed by atoms with van der Waals surface area (Å²) in [5.41, 5.74) is 0.795. The fourth-order valence-electron chi connectivity index (χ4n) is 2.49. The van der Waals surface area contributed by atoms with Crippen molar-refractivity contribution in [2.45, 2.75) is 13.8 Å². The first kappa shape index (κ1) is 15.0. The lowest BCUT2D eigenvalue weighted by molar-refractivity contribution is 0.0654. The van der Waals surface area contributed by atoms with Gasteiger partial charge in [-0.25, -0.2) is 9.97 Å². The second kappa shape index (κ2) is 5.50. The Bertz CT molecular complexity index is 887. The largest absolute Gasteiger partial charge is 0.281 e. The lowest BCUT2D eigenvalue weighted by Gasteiger charge is -2.26. The van der Waals surface area contributed by atoms with Gasteiger partial charge in [-0.1, -0.05) is 12.1 Å². The van der Waals surface area contributed by atoms with E-state index in [4.69, 9.17) is 0 Å². The van der Waals surface area contributed by atoms with Crippen LogP contribution in [0, 0.1) is 13.8 Å². The molecule has 8 heteroatoms. The van der Waals surface area contributed by atoms with E-state index in [2.05, 4.69) is 9.97 Å². The highest BCUT2D eigenvalue weighted by Gasteiger charge is 2.42. The van der Waals surface area contributed by atoms with E-state index in [1.807, 2.05) is 13.8 Å². The average Bonchev–Trinajstić information content (AvgIpc) is 3.25. The number of amides is 2. The standard InChI is InChI=1S/C16H12N4O2S2/c1-9-7-17-15(23-9)20(16-18-8-10(2)24-16)19-13(21)11-5-3-4-6-12(11)14(19)22/h3-8H,1-2H3. The Balaban J connectivity index is 1.86. The summed E-state index contributed by atoms with van der Waals surface area (Å²) in [5, 5.41) is 3.72. The van der Waals surface area contributed by atoms with Gasteiger partial charge in [0.2, 0.25) is 10.3 Å². The molecule has 2 aromatic heterocycles. The van der Waals surface area contributed by atoms with Crippen LogP contribution in [0.2, 0.25) is 0 Å². The van der Waals surface area contributed by atoms with Gasteiger partial charge >= 0.3 is 0 Å². The van der Waals surface area contributed by atoms with Crippen molar-refractivity contribution in [3.63, 3.8) is 0 Å². The summed E-state index contributed by atoms with van der Waals surface area (Å²) in [5.74, 6) is -0.729. The van der Waals surface area contributed by atoms with Crippen LogP contribution in [0.3, 0.4) is 0 Å². The van der Waals surface area contributed by atoms with Crippen molar-refractivity contribution < 1.29 is 9.59 Å². The second-order valence-electron chi connectivity index (χ2n) is 5.29. The summed E-state index contributed by atoms with van der Waals surface area (Å²) in [7, 11) is 0. The maximum Gasteiger partial charge on any atom is 0.281 e. The van der Waals surface area contributed by atoms with Crippen LogP contribution in [0.5, 0.6) is 0 Å². The van der Waals surface area contributed by atoms with Crippen molar-refractivity contribution in [1.82, 2.24) is 15.0 Å². The third-order valence-electron chi connectivity index (χ3n) is 3.55. The number of aromatic nitrogens is 2.